The van der Waals surface area contributed by atoms with Gasteiger partial charge < -0.3 is 14.5 Å². The predicted molar refractivity (Wildman–Crippen MR) is 102 cm³/mol. The number of imide groups is 1. The zero-order chi connectivity index (χ0) is 19.2. The minimum atomic E-state index is -0.575. The van der Waals surface area contributed by atoms with Crippen LogP contribution in [0.3, 0.4) is 0 Å². The molecule has 1 aromatic carbocycles. The van der Waals surface area contributed by atoms with E-state index in [2.05, 4.69) is 10.6 Å². The molecule has 2 heterocycles. The normalized spacial score (nSPS) is 10.6. The maximum absolute atomic E-state index is 11.8. The summed E-state index contributed by atoms with van der Waals surface area (Å²) in [6.07, 6.45) is 0.706. The number of carbonyl (C=O) groups excluding carboxylic acids is 2. The molecule has 0 radical (unpaired) electrons. The molecule has 0 bridgehead atoms. The SMILES string of the molecule is Cc1cc(=O)oc2cc(OCC(=O)NC(=O)NCCc3cccs3)ccc12. The summed E-state index contributed by atoms with van der Waals surface area (Å²) in [5.74, 6) is -0.209. The van der Waals surface area contributed by atoms with Gasteiger partial charge in [0, 0.05) is 28.9 Å². The monoisotopic (exact) mass is 386 g/mol. The molecule has 0 aliphatic heterocycles. The van der Waals surface area contributed by atoms with E-state index in [0.29, 0.717) is 24.3 Å². The number of hydrogen-bond acceptors (Lipinski definition) is 6. The van der Waals surface area contributed by atoms with Crippen molar-refractivity contribution in [3.63, 3.8) is 0 Å². The van der Waals surface area contributed by atoms with E-state index in [9.17, 15) is 14.4 Å². The highest BCUT2D eigenvalue weighted by molar-refractivity contribution is 7.09. The van der Waals surface area contributed by atoms with Crippen molar-refractivity contribution in [1.29, 1.82) is 0 Å². The highest BCUT2D eigenvalue weighted by Crippen LogP contribution is 2.22. The number of rotatable bonds is 6. The molecule has 0 atom stereocenters. The molecule has 0 spiro atoms. The van der Waals surface area contributed by atoms with Crippen LogP contribution in [0.1, 0.15) is 10.4 Å². The third-order valence-electron chi connectivity index (χ3n) is 3.78. The Hall–Kier alpha value is -3.13. The third kappa shape index (κ3) is 5.18. The summed E-state index contributed by atoms with van der Waals surface area (Å²) >= 11 is 1.61. The second-order valence-corrected chi connectivity index (χ2v) is 6.86. The Kier molecular flexibility index (Phi) is 5.87. The van der Waals surface area contributed by atoms with Crippen molar-refractivity contribution in [1.82, 2.24) is 10.6 Å². The molecule has 0 saturated heterocycles. The molecule has 3 aromatic rings. The van der Waals surface area contributed by atoms with Crippen LogP contribution in [0.4, 0.5) is 4.79 Å². The van der Waals surface area contributed by atoms with Gasteiger partial charge >= 0.3 is 11.7 Å². The number of aryl methyl sites for hydroxylation is 1. The van der Waals surface area contributed by atoms with Gasteiger partial charge in [0.1, 0.15) is 11.3 Å². The number of benzene rings is 1. The molecule has 3 rings (SSSR count). The van der Waals surface area contributed by atoms with Crippen molar-refractivity contribution in [2.24, 2.45) is 0 Å². The fourth-order valence-corrected chi connectivity index (χ4v) is 3.21. The highest BCUT2D eigenvalue weighted by atomic mass is 32.1. The molecule has 27 heavy (non-hydrogen) atoms. The van der Waals surface area contributed by atoms with Gasteiger partial charge in [-0.1, -0.05) is 6.07 Å². The Balaban J connectivity index is 1.47. The minimum absolute atomic E-state index is 0.333. The summed E-state index contributed by atoms with van der Waals surface area (Å²) < 4.78 is 10.5. The quantitative estimate of drug-likeness (QED) is 0.635. The van der Waals surface area contributed by atoms with Crippen molar-refractivity contribution < 1.29 is 18.7 Å². The van der Waals surface area contributed by atoms with Crippen LogP contribution >= 0.6 is 11.3 Å². The summed E-state index contributed by atoms with van der Waals surface area (Å²) in [6, 6.07) is 9.73. The second-order valence-electron chi connectivity index (χ2n) is 5.83. The summed E-state index contributed by atoms with van der Waals surface area (Å²) in [5.41, 5.74) is 0.725. The lowest BCUT2D eigenvalue weighted by Crippen LogP contribution is -2.42. The Morgan fingerprint density at radius 1 is 1.22 bits per heavy atom. The zero-order valence-electron chi connectivity index (χ0n) is 14.6. The molecule has 2 aromatic heterocycles. The average molecular weight is 386 g/mol. The lowest BCUT2D eigenvalue weighted by Gasteiger charge is -2.08. The van der Waals surface area contributed by atoms with Gasteiger partial charge in [-0.15, -0.1) is 11.3 Å². The van der Waals surface area contributed by atoms with E-state index < -0.39 is 17.6 Å². The minimum Gasteiger partial charge on any atom is -0.484 e. The van der Waals surface area contributed by atoms with E-state index >= 15 is 0 Å². The van der Waals surface area contributed by atoms with Crippen molar-refractivity contribution >= 4 is 34.2 Å². The van der Waals surface area contributed by atoms with E-state index in [1.165, 1.54) is 12.1 Å². The average Bonchev–Trinajstić information content (AvgIpc) is 3.13. The smallest absolute Gasteiger partial charge is 0.336 e. The number of amides is 3. The van der Waals surface area contributed by atoms with E-state index in [0.717, 1.165) is 15.8 Å². The summed E-state index contributed by atoms with van der Waals surface area (Å²) in [4.78, 5) is 36.1. The van der Waals surface area contributed by atoms with E-state index in [1.54, 1.807) is 23.5 Å². The van der Waals surface area contributed by atoms with Crippen LogP contribution in [0.15, 0.2) is 51.0 Å². The number of urea groups is 1. The molecule has 8 heteroatoms. The summed E-state index contributed by atoms with van der Waals surface area (Å²) in [6.45, 7) is 1.91. The molecular formula is C19H18N2O5S. The zero-order valence-corrected chi connectivity index (χ0v) is 15.4. The van der Waals surface area contributed by atoms with Crippen LogP contribution in [-0.4, -0.2) is 25.1 Å². The third-order valence-corrected chi connectivity index (χ3v) is 4.72. The number of fused-ring (bicyclic) bond motifs is 1. The van der Waals surface area contributed by atoms with Crippen LogP contribution < -0.4 is 21.0 Å². The van der Waals surface area contributed by atoms with Crippen molar-refractivity contribution in [2.75, 3.05) is 13.2 Å². The van der Waals surface area contributed by atoms with Gasteiger partial charge in [-0.05, 0) is 42.5 Å². The lowest BCUT2D eigenvalue weighted by molar-refractivity contribution is -0.122. The fourth-order valence-electron chi connectivity index (χ4n) is 2.50. The Morgan fingerprint density at radius 3 is 2.85 bits per heavy atom. The van der Waals surface area contributed by atoms with Gasteiger partial charge in [-0.3, -0.25) is 10.1 Å². The highest BCUT2D eigenvalue weighted by Gasteiger charge is 2.09. The van der Waals surface area contributed by atoms with Gasteiger partial charge in [0.25, 0.3) is 5.91 Å². The van der Waals surface area contributed by atoms with Gasteiger partial charge in [0.15, 0.2) is 6.61 Å². The molecule has 2 N–H and O–H groups in total. The first-order valence-corrected chi connectivity index (χ1v) is 9.16. The first-order chi connectivity index (χ1) is 13.0. The summed E-state index contributed by atoms with van der Waals surface area (Å²) in [7, 11) is 0. The Labute approximate surface area is 159 Å². The van der Waals surface area contributed by atoms with Crippen molar-refractivity contribution in [2.45, 2.75) is 13.3 Å². The predicted octanol–water partition coefficient (Wildman–Crippen LogP) is 2.61. The molecule has 0 saturated carbocycles. The molecular weight excluding hydrogens is 368 g/mol. The maximum Gasteiger partial charge on any atom is 0.336 e. The van der Waals surface area contributed by atoms with Crippen LogP contribution in [0.5, 0.6) is 5.75 Å². The van der Waals surface area contributed by atoms with Crippen molar-refractivity contribution in [3.05, 3.63) is 62.6 Å². The Bertz CT molecular complexity index is 1010. The Morgan fingerprint density at radius 2 is 2.07 bits per heavy atom. The molecule has 7 nitrogen and oxygen atoms in total. The molecule has 0 fully saturated rings. The van der Waals surface area contributed by atoms with Gasteiger partial charge in [0.05, 0.1) is 0 Å². The molecule has 140 valence electrons. The largest absolute Gasteiger partial charge is 0.484 e. The van der Waals surface area contributed by atoms with Crippen LogP contribution in [-0.2, 0) is 11.2 Å². The standard InChI is InChI=1S/C19H18N2O5S/c1-12-9-18(23)26-16-10-13(4-5-15(12)16)25-11-17(22)21-19(24)20-7-6-14-3-2-8-27-14/h2-5,8-10H,6-7,11H2,1H3,(H2,20,21,22,24). The van der Waals surface area contributed by atoms with E-state index in [-0.39, 0.29) is 6.61 Å². The number of carbonyl (C=O) groups is 2. The first kappa shape index (κ1) is 18.7. The lowest BCUT2D eigenvalue weighted by atomic mass is 10.1. The van der Waals surface area contributed by atoms with Crippen LogP contribution in [0.2, 0.25) is 0 Å². The van der Waals surface area contributed by atoms with Crippen LogP contribution in [0.25, 0.3) is 11.0 Å². The topological polar surface area (TPSA) is 97.6 Å². The number of hydrogen-bond donors (Lipinski definition) is 2. The number of thiophene rings is 1. The van der Waals surface area contributed by atoms with Gasteiger partial charge in [0.2, 0.25) is 0 Å². The van der Waals surface area contributed by atoms with Gasteiger partial charge in [-0.25, -0.2) is 9.59 Å². The van der Waals surface area contributed by atoms with Crippen molar-refractivity contribution in [3.8, 4) is 5.75 Å². The molecule has 3 amide bonds. The number of nitrogens with one attached hydrogen (secondary N) is 2. The van der Waals surface area contributed by atoms with Gasteiger partial charge in [-0.2, -0.15) is 0 Å². The maximum atomic E-state index is 11.8. The fraction of sp³-hybridized carbons (Fsp3) is 0.211. The number of ether oxygens (including phenoxy) is 1. The summed E-state index contributed by atoms with van der Waals surface area (Å²) in [5, 5.41) is 7.58. The molecule has 0 aliphatic rings. The molecule has 0 aliphatic carbocycles. The van der Waals surface area contributed by atoms with Crippen LogP contribution in [0, 0.1) is 6.92 Å². The molecule has 0 unspecified atom stereocenters. The second kappa shape index (κ2) is 8.50. The van der Waals surface area contributed by atoms with E-state index in [4.69, 9.17) is 9.15 Å². The first-order valence-electron chi connectivity index (χ1n) is 8.28. The van der Waals surface area contributed by atoms with E-state index in [1.807, 2.05) is 24.4 Å².